The first-order valence-corrected chi connectivity index (χ1v) is 8.31. The van der Waals surface area contributed by atoms with E-state index in [1.807, 2.05) is 6.08 Å². The molecule has 0 saturated carbocycles. The van der Waals surface area contributed by atoms with Gasteiger partial charge in [0.1, 0.15) is 11.8 Å². The number of imidazole rings is 1. The summed E-state index contributed by atoms with van der Waals surface area (Å²) in [7, 11) is 0. The maximum atomic E-state index is 12.0. The molecule has 0 radical (unpaired) electrons. The van der Waals surface area contributed by atoms with Crippen LogP contribution in [-0.2, 0) is 4.79 Å². The molecule has 0 aromatic carbocycles. The maximum absolute atomic E-state index is 12.0. The largest absolute Gasteiger partial charge is 0.355 e. The number of H-pyrrole nitrogens is 1. The molecule has 3 rings (SSSR count). The topological polar surface area (TPSA) is 86.8 Å². The molecular formula is C17H24N6O. The van der Waals surface area contributed by atoms with Crippen LogP contribution in [0.1, 0.15) is 33.6 Å². The third-order valence-electron chi connectivity index (χ3n) is 4.08. The first-order valence-electron chi connectivity index (χ1n) is 8.31. The van der Waals surface area contributed by atoms with Crippen LogP contribution < -0.4 is 10.2 Å². The monoisotopic (exact) mass is 328 g/mol. The molecule has 1 amide bonds. The van der Waals surface area contributed by atoms with Gasteiger partial charge in [0, 0.05) is 19.1 Å². The minimum absolute atomic E-state index is 0.0126. The molecule has 1 aliphatic rings. The van der Waals surface area contributed by atoms with Crippen LogP contribution in [0, 0.1) is 5.41 Å². The van der Waals surface area contributed by atoms with E-state index in [-0.39, 0.29) is 17.4 Å². The van der Waals surface area contributed by atoms with Crippen LogP contribution in [-0.4, -0.2) is 45.0 Å². The average molecular weight is 328 g/mol. The van der Waals surface area contributed by atoms with Crippen LogP contribution in [0.4, 0.5) is 5.82 Å². The molecule has 24 heavy (non-hydrogen) atoms. The Balaban J connectivity index is 1.57. The van der Waals surface area contributed by atoms with Gasteiger partial charge in [-0.1, -0.05) is 26.8 Å². The average Bonchev–Trinajstić information content (AvgIpc) is 3.02. The summed E-state index contributed by atoms with van der Waals surface area (Å²) >= 11 is 0. The number of amides is 1. The summed E-state index contributed by atoms with van der Waals surface area (Å²) in [5.74, 6) is 0.872. The Labute approximate surface area is 141 Å². The smallest absolute Gasteiger partial charge is 0.243 e. The van der Waals surface area contributed by atoms with Crippen molar-refractivity contribution in [1.82, 2.24) is 25.3 Å². The van der Waals surface area contributed by atoms with Crippen molar-refractivity contribution in [2.45, 2.75) is 39.7 Å². The van der Waals surface area contributed by atoms with Gasteiger partial charge in [0.05, 0.1) is 6.33 Å². The van der Waals surface area contributed by atoms with Crippen molar-refractivity contribution in [2.75, 3.05) is 18.0 Å². The Morgan fingerprint density at radius 1 is 1.29 bits per heavy atom. The highest BCUT2D eigenvalue weighted by atomic mass is 16.1. The highest BCUT2D eigenvalue weighted by Gasteiger charge is 2.23. The highest BCUT2D eigenvalue weighted by Crippen LogP contribution is 2.23. The Morgan fingerprint density at radius 3 is 2.75 bits per heavy atom. The van der Waals surface area contributed by atoms with Crippen LogP contribution in [0.15, 0.2) is 24.8 Å². The van der Waals surface area contributed by atoms with Gasteiger partial charge in [-0.2, -0.15) is 0 Å². The summed E-state index contributed by atoms with van der Waals surface area (Å²) < 4.78 is 0. The SMILES string of the molecule is CC(C)(C)/C=C\C(=O)NC1CCN(c2ncnc3nc[nH]c23)CC1. The zero-order valence-electron chi connectivity index (χ0n) is 14.4. The number of hydrogen-bond acceptors (Lipinski definition) is 5. The number of aromatic amines is 1. The molecule has 7 nitrogen and oxygen atoms in total. The zero-order chi connectivity index (χ0) is 17.2. The summed E-state index contributed by atoms with van der Waals surface area (Å²) in [5, 5.41) is 3.09. The van der Waals surface area contributed by atoms with Gasteiger partial charge >= 0.3 is 0 Å². The second-order valence-electron chi connectivity index (χ2n) is 7.27. The first-order chi connectivity index (χ1) is 11.4. The minimum atomic E-state index is -0.0126. The van der Waals surface area contributed by atoms with Gasteiger partial charge in [-0.3, -0.25) is 4.79 Å². The fourth-order valence-electron chi connectivity index (χ4n) is 2.80. The molecule has 128 valence electrons. The normalized spacial score (nSPS) is 16.9. The quantitative estimate of drug-likeness (QED) is 0.842. The molecule has 0 bridgehead atoms. The second kappa shape index (κ2) is 6.59. The molecule has 0 unspecified atom stereocenters. The van der Waals surface area contributed by atoms with Crippen molar-refractivity contribution in [3.8, 4) is 0 Å². The number of aromatic nitrogens is 4. The predicted molar refractivity (Wildman–Crippen MR) is 93.7 cm³/mol. The Morgan fingerprint density at radius 2 is 2.04 bits per heavy atom. The number of anilines is 1. The van der Waals surface area contributed by atoms with Crippen LogP contribution in [0.2, 0.25) is 0 Å². The Bertz CT molecular complexity index is 737. The van der Waals surface area contributed by atoms with Gasteiger partial charge in [0.2, 0.25) is 5.91 Å². The number of rotatable bonds is 3. The fourth-order valence-corrected chi connectivity index (χ4v) is 2.80. The lowest BCUT2D eigenvalue weighted by molar-refractivity contribution is -0.117. The minimum Gasteiger partial charge on any atom is -0.355 e. The third kappa shape index (κ3) is 3.90. The first kappa shape index (κ1) is 16.4. The van der Waals surface area contributed by atoms with Crippen molar-refractivity contribution in [1.29, 1.82) is 0 Å². The van der Waals surface area contributed by atoms with E-state index in [0.717, 1.165) is 37.3 Å². The van der Waals surface area contributed by atoms with Crippen molar-refractivity contribution >= 4 is 22.9 Å². The van der Waals surface area contributed by atoms with E-state index in [0.29, 0.717) is 5.65 Å². The molecular weight excluding hydrogens is 304 g/mol. The van der Waals surface area contributed by atoms with Crippen LogP contribution in [0.25, 0.3) is 11.2 Å². The van der Waals surface area contributed by atoms with E-state index in [1.165, 1.54) is 0 Å². The number of nitrogens with zero attached hydrogens (tertiary/aromatic N) is 4. The number of carbonyl (C=O) groups is 1. The van der Waals surface area contributed by atoms with E-state index >= 15 is 0 Å². The molecule has 1 saturated heterocycles. The van der Waals surface area contributed by atoms with Crippen molar-refractivity contribution in [3.63, 3.8) is 0 Å². The van der Waals surface area contributed by atoms with Gasteiger partial charge in [-0.25, -0.2) is 15.0 Å². The zero-order valence-corrected chi connectivity index (χ0v) is 14.4. The van der Waals surface area contributed by atoms with Crippen molar-refractivity contribution < 1.29 is 4.79 Å². The molecule has 1 aliphatic heterocycles. The van der Waals surface area contributed by atoms with Gasteiger partial charge in [0.15, 0.2) is 11.5 Å². The number of piperidine rings is 1. The van der Waals surface area contributed by atoms with Gasteiger partial charge in [0.25, 0.3) is 0 Å². The molecule has 2 aromatic heterocycles. The number of allylic oxidation sites excluding steroid dienone is 1. The van der Waals surface area contributed by atoms with Crippen LogP contribution in [0.5, 0.6) is 0 Å². The van der Waals surface area contributed by atoms with Gasteiger partial charge in [-0.15, -0.1) is 0 Å². The fraction of sp³-hybridized carbons (Fsp3) is 0.529. The van der Waals surface area contributed by atoms with Crippen molar-refractivity contribution in [3.05, 3.63) is 24.8 Å². The standard InChI is InChI=1S/C17H24N6O/c1-17(2,3)7-4-13(24)22-12-5-8-23(9-6-12)16-14-15(19-10-18-14)20-11-21-16/h4,7,10-12H,5-6,8-9H2,1-3H3,(H,22,24)(H,18,19,20,21)/b7-4-. The molecule has 0 spiro atoms. The lowest BCUT2D eigenvalue weighted by Crippen LogP contribution is -2.44. The molecule has 0 atom stereocenters. The molecule has 1 fully saturated rings. The van der Waals surface area contributed by atoms with Crippen LogP contribution >= 0.6 is 0 Å². The number of nitrogens with one attached hydrogen (secondary N) is 2. The summed E-state index contributed by atoms with van der Waals surface area (Å²) in [4.78, 5) is 30.0. The molecule has 7 heteroatoms. The molecule has 2 aromatic rings. The van der Waals surface area contributed by atoms with Crippen LogP contribution in [0.3, 0.4) is 0 Å². The Kier molecular flexibility index (Phi) is 4.51. The van der Waals surface area contributed by atoms with E-state index in [9.17, 15) is 4.79 Å². The lowest BCUT2D eigenvalue weighted by atomic mass is 9.96. The summed E-state index contributed by atoms with van der Waals surface area (Å²) in [6.07, 6.45) is 8.56. The molecule has 3 heterocycles. The van der Waals surface area contributed by atoms with E-state index in [2.05, 4.69) is 50.9 Å². The van der Waals surface area contributed by atoms with Gasteiger partial charge < -0.3 is 15.2 Å². The van der Waals surface area contributed by atoms with E-state index in [1.54, 1.807) is 18.7 Å². The summed E-state index contributed by atoms with van der Waals surface area (Å²) in [5.41, 5.74) is 1.57. The molecule has 2 N–H and O–H groups in total. The van der Waals surface area contributed by atoms with Crippen molar-refractivity contribution in [2.24, 2.45) is 5.41 Å². The predicted octanol–water partition coefficient (Wildman–Crippen LogP) is 2.04. The Hall–Kier alpha value is -2.44. The third-order valence-corrected chi connectivity index (χ3v) is 4.08. The number of fused-ring (bicyclic) bond motifs is 1. The number of carbonyl (C=O) groups excluding carboxylic acids is 1. The summed E-state index contributed by atoms with van der Waals surface area (Å²) in [6.45, 7) is 7.92. The highest BCUT2D eigenvalue weighted by molar-refractivity contribution is 5.87. The van der Waals surface area contributed by atoms with E-state index in [4.69, 9.17) is 0 Å². The lowest BCUT2D eigenvalue weighted by Gasteiger charge is -2.33. The molecule has 0 aliphatic carbocycles. The maximum Gasteiger partial charge on any atom is 0.243 e. The van der Waals surface area contributed by atoms with E-state index < -0.39 is 0 Å². The van der Waals surface area contributed by atoms with Gasteiger partial charge in [-0.05, 0) is 24.3 Å². The number of hydrogen-bond donors (Lipinski definition) is 2. The second-order valence-corrected chi connectivity index (χ2v) is 7.27. The summed E-state index contributed by atoms with van der Waals surface area (Å²) in [6, 6.07) is 0.206.